The monoisotopic (exact) mass is 222 g/mol. The summed E-state index contributed by atoms with van der Waals surface area (Å²) < 4.78 is 10.3. The predicted molar refractivity (Wildman–Crippen MR) is 53.8 cm³/mol. The molecule has 0 atom stereocenters. The molecule has 84 valence electrons. The van der Waals surface area contributed by atoms with Crippen molar-refractivity contribution in [1.29, 1.82) is 0 Å². The van der Waals surface area contributed by atoms with Crippen molar-refractivity contribution in [2.75, 3.05) is 6.79 Å². The summed E-state index contributed by atoms with van der Waals surface area (Å²) in [6.07, 6.45) is -0.210. The standard InChI is InChI=1S/C11H10O5/c12-8(4-5-10(13)14)7-2-1-3-9-11(7)16-6-15-9/h1-3H,4-6H2,(H,13,14). The van der Waals surface area contributed by atoms with E-state index in [-0.39, 0.29) is 25.4 Å². The molecule has 1 aliphatic rings. The number of ketones is 1. The average Bonchev–Trinajstić information content (AvgIpc) is 2.73. The van der Waals surface area contributed by atoms with Crippen molar-refractivity contribution in [2.24, 2.45) is 0 Å². The van der Waals surface area contributed by atoms with Crippen molar-refractivity contribution in [3.63, 3.8) is 0 Å². The van der Waals surface area contributed by atoms with E-state index in [1.807, 2.05) is 0 Å². The van der Waals surface area contributed by atoms with Crippen molar-refractivity contribution in [2.45, 2.75) is 12.8 Å². The number of carboxylic acid groups (broad SMARTS) is 1. The molecule has 0 unspecified atom stereocenters. The number of ether oxygens (including phenoxy) is 2. The first-order valence-electron chi connectivity index (χ1n) is 4.82. The Hall–Kier alpha value is -2.04. The van der Waals surface area contributed by atoms with E-state index in [0.29, 0.717) is 17.1 Å². The summed E-state index contributed by atoms with van der Waals surface area (Å²) in [5.41, 5.74) is 0.385. The van der Waals surface area contributed by atoms with Crippen LogP contribution in [0.4, 0.5) is 0 Å². The molecule has 0 amide bonds. The molecule has 0 fully saturated rings. The highest BCUT2D eigenvalue weighted by molar-refractivity contribution is 6.00. The molecule has 0 aliphatic carbocycles. The molecular formula is C11H10O5. The van der Waals surface area contributed by atoms with E-state index in [9.17, 15) is 9.59 Å². The van der Waals surface area contributed by atoms with Gasteiger partial charge in [-0.1, -0.05) is 6.07 Å². The van der Waals surface area contributed by atoms with Gasteiger partial charge in [0.15, 0.2) is 17.3 Å². The third-order valence-electron chi connectivity index (χ3n) is 2.26. The average molecular weight is 222 g/mol. The number of benzene rings is 1. The fourth-order valence-corrected chi connectivity index (χ4v) is 1.50. The van der Waals surface area contributed by atoms with Crippen LogP contribution in [0.2, 0.25) is 0 Å². The van der Waals surface area contributed by atoms with Crippen LogP contribution in [0.25, 0.3) is 0 Å². The van der Waals surface area contributed by atoms with Gasteiger partial charge in [0.05, 0.1) is 12.0 Å². The highest BCUT2D eigenvalue weighted by Crippen LogP contribution is 2.35. The molecule has 1 N–H and O–H groups in total. The summed E-state index contributed by atoms with van der Waals surface area (Å²) >= 11 is 0. The zero-order valence-electron chi connectivity index (χ0n) is 8.43. The molecule has 2 rings (SSSR count). The van der Waals surface area contributed by atoms with Crippen LogP contribution < -0.4 is 9.47 Å². The number of fused-ring (bicyclic) bond motifs is 1. The van der Waals surface area contributed by atoms with Crippen LogP contribution in [0.5, 0.6) is 11.5 Å². The molecule has 0 radical (unpaired) electrons. The van der Waals surface area contributed by atoms with Crippen LogP contribution in [0.1, 0.15) is 23.2 Å². The van der Waals surface area contributed by atoms with Crippen molar-refractivity contribution >= 4 is 11.8 Å². The second-order valence-corrected chi connectivity index (χ2v) is 3.36. The lowest BCUT2D eigenvalue weighted by Gasteiger charge is -2.03. The number of carbonyl (C=O) groups is 2. The van der Waals surface area contributed by atoms with Gasteiger partial charge >= 0.3 is 5.97 Å². The van der Waals surface area contributed by atoms with E-state index < -0.39 is 5.97 Å². The minimum atomic E-state index is -0.988. The molecule has 1 aliphatic heterocycles. The fourth-order valence-electron chi connectivity index (χ4n) is 1.50. The molecule has 0 saturated carbocycles. The molecule has 0 spiro atoms. The molecule has 1 heterocycles. The van der Waals surface area contributed by atoms with Gasteiger partial charge in [-0.25, -0.2) is 0 Å². The predicted octanol–water partition coefficient (Wildman–Crippen LogP) is 1.46. The van der Waals surface area contributed by atoms with Crippen LogP contribution in [0.3, 0.4) is 0 Å². The van der Waals surface area contributed by atoms with Gasteiger partial charge in [0.25, 0.3) is 0 Å². The van der Waals surface area contributed by atoms with Gasteiger partial charge in [0.2, 0.25) is 6.79 Å². The summed E-state index contributed by atoms with van der Waals surface area (Å²) in [4.78, 5) is 22.1. The van der Waals surface area contributed by atoms with Crippen LogP contribution in [0, 0.1) is 0 Å². The molecule has 0 saturated heterocycles. The van der Waals surface area contributed by atoms with Gasteiger partial charge in [0.1, 0.15) is 0 Å². The molecule has 0 bridgehead atoms. The summed E-state index contributed by atoms with van der Waals surface area (Å²) in [5.74, 6) is -0.290. The Kier molecular flexibility index (Phi) is 2.76. The number of hydrogen-bond acceptors (Lipinski definition) is 4. The second-order valence-electron chi connectivity index (χ2n) is 3.36. The van der Waals surface area contributed by atoms with E-state index in [4.69, 9.17) is 14.6 Å². The first-order chi connectivity index (χ1) is 7.68. The van der Waals surface area contributed by atoms with Crippen LogP contribution in [-0.4, -0.2) is 23.7 Å². The summed E-state index contributed by atoms with van der Waals surface area (Å²) in [6.45, 7) is 0.0958. The Labute approximate surface area is 91.6 Å². The van der Waals surface area contributed by atoms with Crippen LogP contribution >= 0.6 is 0 Å². The van der Waals surface area contributed by atoms with Gasteiger partial charge in [-0.3, -0.25) is 9.59 Å². The number of Topliss-reactive ketones (excluding diaryl/α,β-unsaturated/α-hetero) is 1. The Morgan fingerprint density at radius 3 is 2.81 bits per heavy atom. The minimum Gasteiger partial charge on any atom is -0.481 e. The number of rotatable bonds is 4. The smallest absolute Gasteiger partial charge is 0.303 e. The van der Waals surface area contributed by atoms with Gasteiger partial charge < -0.3 is 14.6 Å². The van der Waals surface area contributed by atoms with Gasteiger partial charge in [-0.05, 0) is 12.1 Å². The second kappa shape index (κ2) is 4.22. The van der Waals surface area contributed by atoms with E-state index >= 15 is 0 Å². The molecule has 1 aromatic carbocycles. The highest BCUT2D eigenvalue weighted by atomic mass is 16.7. The first kappa shape index (κ1) is 10.5. The maximum absolute atomic E-state index is 11.7. The Bertz CT molecular complexity index is 438. The van der Waals surface area contributed by atoms with Crippen molar-refractivity contribution in [3.05, 3.63) is 23.8 Å². The van der Waals surface area contributed by atoms with Crippen molar-refractivity contribution in [1.82, 2.24) is 0 Å². The van der Waals surface area contributed by atoms with Crippen molar-refractivity contribution in [3.8, 4) is 11.5 Å². The molecule has 5 heteroatoms. The quantitative estimate of drug-likeness (QED) is 0.781. The zero-order chi connectivity index (χ0) is 11.5. The van der Waals surface area contributed by atoms with Gasteiger partial charge in [-0.15, -0.1) is 0 Å². The maximum atomic E-state index is 11.7. The lowest BCUT2D eigenvalue weighted by atomic mass is 10.1. The minimum absolute atomic E-state index is 0.0326. The maximum Gasteiger partial charge on any atom is 0.303 e. The molecular weight excluding hydrogens is 212 g/mol. The van der Waals surface area contributed by atoms with Crippen molar-refractivity contribution < 1.29 is 24.2 Å². The van der Waals surface area contributed by atoms with E-state index in [0.717, 1.165) is 0 Å². The molecule has 1 aromatic rings. The summed E-state index contributed by atoms with van der Waals surface area (Å²) in [6, 6.07) is 5.00. The van der Waals surface area contributed by atoms with Crippen LogP contribution in [-0.2, 0) is 4.79 Å². The topological polar surface area (TPSA) is 72.8 Å². The normalized spacial score (nSPS) is 12.5. The molecule has 5 nitrogen and oxygen atoms in total. The molecule has 16 heavy (non-hydrogen) atoms. The number of carboxylic acids is 1. The first-order valence-corrected chi connectivity index (χ1v) is 4.82. The van der Waals surface area contributed by atoms with Gasteiger partial charge in [0, 0.05) is 6.42 Å². The number of aliphatic carboxylic acids is 1. The van der Waals surface area contributed by atoms with E-state index in [2.05, 4.69) is 0 Å². The fraction of sp³-hybridized carbons (Fsp3) is 0.273. The third-order valence-corrected chi connectivity index (χ3v) is 2.26. The number of hydrogen-bond donors (Lipinski definition) is 1. The van der Waals surface area contributed by atoms with Crippen LogP contribution in [0.15, 0.2) is 18.2 Å². The SMILES string of the molecule is O=C(O)CCC(=O)c1cccc2c1OCO2. The van der Waals surface area contributed by atoms with Gasteiger partial charge in [-0.2, -0.15) is 0 Å². The number of carbonyl (C=O) groups excluding carboxylic acids is 1. The van der Waals surface area contributed by atoms with E-state index in [1.54, 1.807) is 18.2 Å². The molecule has 0 aromatic heterocycles. The Morgan fingerprint density at radius 2 is 2.06 bits per heavy atom. The zero-order valence-corrected chi connectivity index (χ0v) is 8.43. The highest BCUT2D eigenvalue weighted by Gasteiger charge is 2.21. The summed E-state index contributed by atoms with van der Waals surface area (Å²) in [7, 11) is 0. The number of para-hydroxylation sites is 1. The Morgan fingerprint density at radius 1 is 1.25 bits per heavy atom. The largest absolute Gasteiger partial charge is 0.481 e. The lowest BCUT2D eigenvalue weighted by Crippen LogP contribution is -2.05. The summed E-state index contributed by atoms with van der Waals surface area (Å²) in [5, 5.41) is 8.49. The lowest BCUT2D eigenvalue weighted by molar-refractivity contribution is -0.136. The third kappa shape index (κ3) is 1.98. The Balaban J connectivity index is 2.18. The van der Waals surface area contributed by atoms with E-state index in [1.165, 1.54) is 0 Å².